The van der Waals surface area contributed by atoms with Crippen molar-refractivity contribution >= 4 is 15.9 Å². The fourth-order valence-corrected chi connectivity index (χ4v) is 2.49. The number of halogens is 1. The van der Waals surface area contributed by atoms with E-state index in [0.717, 1.165) is 23.7 Å². The smallest absolute Gasteiger partial charge is 0.195 e. The molecule has 94 valence electrons. The van der Waals surface area contributed by atoms with Crippen molar-refractivity contribution in [3.63, 3.8) is 0 Å². The van der Waals surface area contributed by atoms with E-state index < -0.39 is 5.79 Å². The second-order valence-corrected chi connectivity index (χ2v) is 5.35. The minimum atomic E-state index is -0.548. The molecule has 0 N–H and O–H groups in total. The molecule has 0 spiro atoms. The lowest BCUT2D eigenvalue weighted by molar-refractivity contribution is -0.186. The third kappa shape index (κ3) is 2.72. The lowest BCUT2D eigenvalue weighted by Crippen LogP contribution is -2.28. The van der Waals surface area contributed by atoms with Gasteiger partial charge in [-0.3, -0.25) is 0 Å². The number of hydrogen-bond acceptors (Lipinski definition) is 2. The quantitative estimate of drug-likeness (QED) is 0.787. The highest BCUT2D eigenvalue weighted by molar-refractivity contribution is 9.09. The van der Waals surface area contributed by atoms with E-state index in [-0.39, 0.29) is 12.2 Å². The van der Waals surface area contributed by atoms with Crippen LogP contribution in [0.3, 0.4) is 0 Å². The first-order valence-corrected chi connectivity index (χ1v) is 7.27. The largest absolute Gasteiger partial charge is 0.340 e. The molecule has 0 amide bonds. The van der Waals surface area contributed by atoms with Crippen molar-refractivity contribution in [2.45, 2.75) is 44.7 Å². The van der Waals surface area contributed by atoms with Crippen LogP contribution in [0, 0.1) is 0 Å². The van der Waals surface area contributed by atoms with E-state index in [1.54, 1.807) is 0 Å². The fourth-order valence-electron chi connectivity index (χ4n) is 2.21. The minimum absolute atomic E-state index is 0.144. The van der Waals surface area contributed by atoms with Crippen molar-refractivity contribution in [1.82, 2.24) is 0 Å². The van der Waals surface area contributed by atoms with Crippen molar-refractivity contribution < 1.29 is 9.47 Å². The van der Waals surface area contributed by atoms with Crippen LogP contribution in [-0.2, 0) is 15.3 Å². The van der Waals surface area contributed by atoms with Gasteiger partial charge in [0.2, 0.25) is 0 Å². The van der Waals surface area contributed by atoms with Crippen LogP contribution in [0.15, 0.2) is 30.3 Å². The topological polar surface area (TPSA) is 18.5 Å². The van der Waals surface area contributed by atoms with Crippen LogP contribution in [0.5, 0.6) is 0 Å². The van der Waals surface area contributed by atoms with Gasteiger partial charge in [0.15, 0.2) is 5.79 Å². The first kappa shape index (κ1) is 13.1. The summed E-state index contributed by atoms with van der Waals surface area (Å²) < 4.78 is 12.2. The van der Waals surface area contributed by atoms with Gasteiger partial charge in [0.25, 0.3) is 0 Å². The van der Waals surface area contributed by atoms with E-state index >= 15 is 0 Å². The Balaban J connectivity index is 2.25. The van der Waals surface area contributed by atoms with Gasteiger partial charge in [0.05, 0.1) is 12.2 Å². The van der Waals surface area contributed by atoms with E-state index in [4.69, 9.17) is 9.47 Å². The maximum Gasteiger partial charge on any atom is 0.195 e. The van der Waals surface area contributed by atoms with Gasteiger partial charge in [0, 0.05) is 17.3 Å². The predicted molar refractivity (Wildman–Crippen MR) is 72.2 cm³/mol. The molecule has 1 aliphatic heterocycles. The molecule has 1 aromatic rings. The lowest BCUT2D eigenvalue weighted by atomic mass is 10.0. The molecule has 0 bridgehead atoms. The van der Waals surface area contributed by atoms with Gasteiger partial charge in [-0.2, -0.15) is 0 Å². The number of rotatable bonds is 4. The van der Waals surface area contributed by atoms with Gasteiger partial charge in [0.1, 0.15) is 0 Å². The highest BCUT2D eigenvalue weighted by Crippen LogP contribution is 2.41. The number of alkyl halides is 1. The minimum Gasteiger partial charge on any atom is -0.340 e. The lowest BCUT2D eigenvalue weighted by Gasteiger charge is -2.28. The highest BCUT2D eigenvalue weighted by Gasteiger charge is 2.44. The summed E-state index contributed by atoms with van der Waals surface area (Å²) in [6.07, 6.45) is 2.21. The SMILES string of the molecule is CC1OC(CCCBr)(c2ccccc2)OC1C. The van der Waals surface area contributed by atoms with Crippen molar-refractivity contribution in [3.05, 3.63) is 35.9 Å². The average Bonchev–Trinajstić information content (AvgIpc) is 2.65. The molecular formula is C14H19BrO2. The average molecular weight is 299 g/mol. The highest BCUT2D eigenvalue weighted by atomic mass is 79.9. The summed E-state index contributed by atoms with van der Waals surface area (Å²) in [6, 6.07) is 10.2. The molecule has 2 atom stereocenters. The van der Waals surface area contributed by atoms with Crippen LogP contribution in [0.2, 0.25) is 0 Å². The van der Waals surface area contributed by atoms with Gasteiger partial charge in [-0.15, -0.1) is 0 Å². The third-order valence-electron chi connectivity index (χ3n) is 3.27. The molecule has 2 unspecified atom stereocenters. The monoisotopic (exact) mass is 298 g/mol. The Morgan fingerprint density at radius 2 is 1.71 bits per heavy atom. The molecule has 1 aromatic carbocycles. The van der Waals surface area contributed by atoms with Crippen LogP contribution in [0.1, 0.15) is 32.3 Å². The number of benzene rings is 1. The Kier molecular flexibility index (Phi) is 4.23. The molecule has 2 rings (SSSR count). The third-order valence-corrected chi connectivity index (χ3v) is 3.83. The molecule has 0 radical (unpaired) electrons. The number of hydrogen-bond donors (Lipinski definition) is 0. The zero-order chi connectivity index (χ0) is 12.3. The van der Waals surface area contributed by atoms with Gasteiger partial charge in [-0.05, 0) is 20.3 Å². The second-order valence-electron chi connectivity index (χ2n) is 4.56. The Morgan fingerprint density at radius 3 is 2.24 bits per heavy atom. The molecule has 17 heavy (non-hydrogen) atoms. The van der Waals surface area contributed by atoms with E-state index in [9.17, 15) is 0 Å². The van der Waals surface area contributed by atoms with Gasteiger partial charge in [-0.25, -0.2) is 0 Å². The molecule has 1 aliphatic rings. The maximum absolute atomic E-state index is 6.11. The molecule has 3 heteroatoms. The van der Waals surface area contributed by atoms with E-state index in [1.807, 2.05) is 18.2 Å². The molecule has 0 saturated carbocycles. The van der Waals surface area contributed by atoms with Crippen LogP contribution in [0.4, 0.5) is 0 Å². The van der Waals surface area contributed by atoms with Crippen LogP contribution in [0.25, 0.3) is 0 Å². The zero-order valence-corrected chi connectivity index (χ0v) is 11.9. The maximum atomic E-state index is 6.11. The summed E-state index contributed by atoms with van der Waals surface area (Å²) >= 11 is 3.47. The van der Waals surface area contributed by atoms with Crippen LogP contribution in [-0.4, -0.2) is 17.5 Å². The fraction of sp³-hybridized carbons (Fsp3) is 0.571. The summed E-state index contributed by atoms with van der Waals surface area (Å²) in [7, 11) is 0. The van der Waals surface area contributed by atoms with Crippen LogP contribution >= 0.6 is 15.9 Å². The summed E-state index contributed by atoms with van der Waals surface area (Å²) in [6.45, 7) is 4.15. The van der Waals surface area contributed by atoms with Gasteiger partial charge in [-0.1, -0.05) is 46.3 Å². The Labute approximate surface area is 111 Å². The molecule has 0 aliphatic carbocycles. The Morgan fingerprint density at radius 1 is 1.12 bits per heavy atom. The summed E-state index contributed by atoms with van der Waals surface area (Å²) in [5.74, 6) is -0.548. The second kappa shape index (κ2) is 5.51. The summed E-state index contributed by atoms with van der Waals surface area (Å²) in [5.41, 5.74) is 1.12. The normalized spacial score (nSPS) is 32.9. The molecular weight excluding hydrogens is 280 g/mol. The van der Waals surface area contributed by atoms with E-state index in [1.165, 1.54) is 0 Å². The van der Waals surface area contributed by atoms with Gasteiger partial charge >= 0.3 is 0 Å². The van der Waals surface area contributed by atoms with E-state index in [0.29, 0.717) is 0 Å². The van der Waals surface area contributed by atoms with Crippen molar-refractivity contribution in [3.8, 4) is 0 Å². The van der Waals surface area contributed by atoms with Crippen molar-refractivity contribution in [2.75, 3.05) is 5.33 Å². The predicted octanol–water partition coefficient (Wildman–Crippen LogP) is 3.84. The molecule has 1 heterocycles. The van der Waals surface area contributed by atoms with Crippen LogP contribution < -0.4 is 0 Å². The van der Waals surface area contributed by atoms with Crippen molar-refractivity contribution in [2.24, 2.45) is 0 Å². The summed E-state index contributed by atoms with van der Waals surface area (Å²) in [5, 5.41) is 0.969. The summed E-state index contributed by atoms with van der Waals surface area (Å²) in [4.78, 5) is 0. The molecule has 2 nitrogen and oxygen atoms in total. The Hall–Kier alpha value is -0.380. The molecule has 0 aromatic heterocycles. The Bertz CT molecular complexity index is 342. The van der Waals surface area contributed by atoms with E-state index in [2.05, 4.69) is 41.9 Å². The number of ether oxygens (including phenoxy) is 2. The van der Waals surface area contributed by atoms with Crippen molar-refractivity contribution in [1.29, 1.82) is 0 Å². The standard InChI is InChI=1S/C14H19BrO2/c1-11-12(2)17-14(16-11,9-6-10-15)13-7-4-3-5-8-13/h3-5,7-8,11-12H,6,9-10H2,1-2H3. The van der Waals surface area contributed by atoms with Gasteiger partial charge < -0.3 is 9.47 Å². The zero-order valence-electron chi connectivity index (χ0n) is 10.4. The molecule has 1 saturated heterocycles. The first-order chi connectivity index (χ1) is 8.18. The molecule has 1 fully saturated rings. The first-order valence-electron chi connectivity index (χ1n) is 6.15.